The maximum Gasteiger partial charge on any atom is 0.222 e. The minimum absolute atomic E-state index is 0.0130. The summed E-state index contributed by atoms with van der Waals surface area (Å²) in [6.07, 6.45) is 4.17. The first-order chi connectivity index (χ1) is 9.15. The maximum atomic E-state index is 11.9. The van der Waals surface area contributed by atoms with Crippen molar-refractivity contribution < 1.29 is 14.6 Å². The van der Waals surface area contributed by atoms with Gasteiger partial charge in [0.05, 0.1) is 24.9 Å². The van der Waals surface area contributed by atoms with Crippen molar-refractivity contribution in [3.63, 3.8) is 0 Å². The largest absolute Gasteiger partial charge is 0.394 e. The summed E-state index contributed by atoms with van der Waals surface area (Å²) in [5.41, 5.74) is -0.466. The van der Waals surface area contributed by atoms with E-state index in [0.717, 1.165) is 38.8 Å². The third-order valence-corrected chi connectivity index (χ3v) is 4.03. The topological polar surface area (TPSA) is 70.6 Å². The SMILES string of the molecule is CCC(CC)(CO)NC(=O)CCOC1CCNCC1. The molecule has 1 aliphatic rings. The van der Waals surface area contributed by atoms with Crippen LogP contribution in [-0.2, 0) is 9.53 Å². The molecule has 112 valence electrons. The highest BCUT2D eigenvalue weighted by molar-refractivity contribution is 5.76. The smallest absolute Gasteiger partial charge is 0.222 e. The van der Waals surface area contributed by atoms with Crippen LogP contribution < -0.4 is 10.6 Å². The van der Waals surface area contributed by atoms with Gasteiger partial charge in [0.2, 0.25) is 5.91 Å². The second-order valence-corrected chi connectivity index (χ2v) is 5.26. The third-order valence-electron chi connectivity index (χ3n) is 4.03. The molecule has 1 rings (SSSR count). The first-order valence-electron chi connectivity index (χ1n) is 7.40. The molecule has 0 saturated carbocycles. The molecule has 0 aromatic rings. The first-order valence-corrected chi connectivity index (χ1v) is 7.40. The molecular formula is C14H28N2O3. The Morgan fingerprint density at radius 1 is 1.37 bits per heavy atom. The summed E-state index contributed by atoms with van der Waals surface area (Å²) < 4.78 is 5.71. The molecule has 0 bridgehead atoms. The Morgan fingerprint density at radius 3 is 2.53 bits per heavy atom. The van der Waals surface area contributed by atoms with Crippen molar-refractivity contribution in [2.45, 2.75) is 57.6 Å². The Balaban J connectivity index is 2.23. The van der Waals surface area contributed by atoms with Gasteiger partial charge in [0.15, 0.2) is 0 Å². The number of piperidine rings is 1. The Hall–Kier alpha value is -0.650. The van der Waals surface area contributed by atoms with Gasteiger partial charge in [-0.1, -0.05) is 13.8 Å². The lowest BCUT2D eigenvalue weighted by Gasteiger charge is -2.31. The van der Waals surface area contributed by atoms with Crippen LogP contribution in [0.15, 0.2) is 0 Å². The highest BCUT2D eigenvalue weighted by atomic mass is 16.5. The lowest BCUT2D eigenvalue weighted by Crippen LogP contribution is -2.50. The highest BCUT2D eigenvalue weighted by Gasteiger charge is 2.26. The summed E-state index contributed by atoms with van der Waals surface area (Å²) in [7, 11) is 0. The number of rotatable bonds is 8. The van der Waals surface area contributed by atoms with Crippen LogP contribution in [0.2, 0.25) is 0 Å². The molecule has 0 aliphatic carbocycles. The number of carbonyl (C=O) groups excluding carboxylic acids is 1. The van der Waals surface area contributed by atoms with Gasteiger partial charge in [0, 0.05) is 6.42 Å². The van der Waals surface area contributed by atoms with Crippen molar-refractivity contribution in [1.82, 2.24) is 10.6 Å². The van der Waals surface area contributed by atoms with Crippen LogP contribution in [0.4, 0.5) is 0 Å². The van der Waals surface area contributed by atoms with Crippen LogP contribution in [-0.4, -0.2) is 49.0 Å². The van der Waals surface area contributed by atoms with Gasteiger partial charge < -0.3 is 20.5 Å². The predicted molar refractivity (Wildman–Crippen MR) is 75.0 cm³/mol. The van der Waals surface area contributed by atoms with E-state index in [2.05, 4.69) is 10.6 Å². The van der Waals surface area contributed by atoms with E-state index in [1.807, 2.05) is 13.8 Å². The van der Waals surface area contributed by atoms with Crippen molar-refractivity contribution in [3.8, 4) is 0 Å². The summed E-state index contributed by atoms with van der Waals surface area (Å²) in [5.74, 6) is -0.0355. The van der Waals surface area contributed by atoms with E-state index < -0.39 is 5.54 Å². The van der Waals surface area contributed by atoms with Crippen molar-refractivity contribution >= 4 is 5.91 Å². The molecule has 1 saturated heterocycles. The van der Waals surface area contributed by atoms with E-state index in [4.69, 9.17) is 4.74 Å². The van der Waals surface area contributed by atoms with E-state index in [0.29, 0.717) is 13.0 Å². The van der Waals surface area contributed by atoms with Crippen LogP contribution >= 0.6 is 0 Å². The van der Waals surface area contributed by atoms with E-state index >= 15 is 0 Å². The normalized spacial score (nSPS) is 17.4. The number of nitrogens with one attached hydrogen (secondary N) is 2. The van der Waals surface area contributed by atoms with Gasteiger partial charge >= 0.3 is 0 Å². The van der Waals surface area contributed by atoms with Crippen molar-refractivity contribution in [1.29, 1.82) is 0 Å². The summed E-state index contributed by atoms with van der Waals surface area (Å²) in [6, 6.07) is 0. The van der Waals surface area contributed by atoms with E-state index in [1.54, 1.807) is 0 Å². The molecule has 0 radical (unpaired) electrons. The van der Waals surface area contributed by atoms with E-state index in [-0.39, 0.29) is 18.6 Å². The number of carbonyl (C=O) groups is 1. The number of amides is 1. The zero-order chi connectivity index (χ0) is 14.1. The highest BCUT2D eigenvalue weighted by Crippen LogP contribution is 2.14. The second-order valence-electron chi connectivity index (χ2n) is 5.26. The predicted octanol–water partition coefficient (Wildman–Crippen LogP) is 0.812. The summed E-state index contributed by atoms with van der Waals surface area (Å²) in [5, 5.41) is 15.6. The van der Waals surface area contributed by atoms with Gasteiger partial charge in [-0.2, -0.15) is 0 Å². The molecule has 1 fully saturated rings. The molecular weight excluding hydrogens is 244 g/mol. The third kappa shape index (κ3) is 5.47. The van der Waals surface area contributed by atoms with Crippen LogP contribution in [0.3, 0.4) is 0 Å². The summed E-state index contributed by atoms with van der Waals surface area (Å²) in [4.78, 5) is 11.9. The van der Waals surface area contributed by atoms with Crippen molar-refractivity contribution in [3.05, 3.63) is 0 Å². The van der Waals surface area contributed by atoms with Gasteiger partial charge in [0.1, 0.15) is 0 Å². The standard InChI is InChI=1S/C14H28N2O3/c1-3-14(4-2,11-17)16-13(18)7-10-19-12-5-8-15-9-6-12/h12,15,17H,3-11H2,1-2H3,(H,16,18). The molecule has 3 N–H and O–H groups in total. The number of aliphatic hydroxyl groups excluding tert-OH is 1. The lowest BCUT2D eigenvalue weighted by molar-refractivity contribution is -0.125. The molecule has 0 aromatic carbocycles. The van der Waals surface area contributed by atoms with Crippen LogP contribution in [0.1, 0.15) is 46.0 Å². The van der Waals surface area contributed by atoms with Gasteiger partial charge in [-0.3, -0.25) is 4.79 Å². The molecule has 5 nitrogen and oxygen atoms in total. The Kier molecular flexibility index (Phi) is 7.34. The monoisotopic (exact) mass is 272 g/mol. The van der Waals surface area contributed by atoms with E-state index in [1.165, 1.54) is 0 Å². The number of ether oxygens (including phenoxy) is 1. The minimum atomic E-state index is -0.466. The molecule has 19 heavy (non-hydrogen) atoms. The fraction of sp³-hybridized carbons (Fsp3) is 0.929. The lowest BCUT2D eigenvalue weighted by atomic mass is 9.94. The molecule has 1 amide bonds. The van der Waals surface area contributed by atoms with Crippen LogP contribution in [0.25, 0.3) is 0 Å². The van der Waals surface area contributed by atoms with Gasteiger partial charge in [-0.05, 0) is 38.8 Å². The van der Waals surface area contributed by atoms with Gasteiger partial charge in [-0.15, -0.1) is 0 Å². The minimum Gasteiger partial charge on any atom is -0.394 e. The average molecular weight is 272 g/mol. The zero-order valence-corrected chi connectivity index (χ0v) is 12.2. The Morgan fingerprint density at radius 2 is 2.00 bits per heavy atom. The molecule has 0 spiro atoms. The molecule has 0 unspecified atom stereocenters. The number of hydrogen-bond acceptors (Lipinski definition) is 4. The second kappa shape index (κ2) is 8.51. The molecule has 1 heterocycles. The first kappa shape index (κ1) is 16.4. The fourth-order valence-corrected chi connectivity index (χ4v) is 2.33. The average Bonchev–Trinajstić information content (AvgIpc) is 2.46. The van der Waals surface area contributed by atoms with Gasteiger partial charge in [-0.25, -0.2) is 0 Å². The summed E-state index contributed by atoms with van der Waals surface area (Å²) in [6.45, 7) is 6.40. The van der Waals surface area contributed by atoms with Crippen LogP contribution in [0, 0.1) is 0 Å². The molecule has 1 aliphatic heterocycles. The molecule has 0 aromatic heterocycles. The summed E-state index contributed by atoms with van der Waals surface area (Å²) >= 11 is 0. The van der Waals surface area contributed by atoms with Crippen molar-refractivity contribution in [2.75, 3.05) is 26.3 Å². The molecule has 0 atom stereocenters. The zero-order valence-electron chi connectivity index (χ0n) is 12.2. The van der Waals surface area contributed by atoms with E-state index in [9.17, 15) is 9.90 Å². The fourth-order valence-electron chi connectivity index (χ4n) is 2.33. The number of aliphatic hydroxyl groups is 1. The Bertz CT molecular complexity index is 253. The van der Waals surface area contributed by atoms with Gasteiger partial charge in [0.25, 0.3) is 0 Å². The maximum absolute atomic E-state index is 11.9. The molecule has 5 heteroatoms. The van der Waals surface area contributed by atoms with Crippen LogP contribution in [0.5, 0.6) is 0 Å². The number of hydrogen-bond donors (Lipinski definition) is 3. The quantitative estimate of drug-likeness (QED) is 0.611. The Labute approximate surface area is 116 Å². The van der Waals surface area contributed by atoms with Crippen molar-refractivity contribution in [2.24, 2.45) is 0 Å².